The van der Waals surface area contributed by atoms with Crippen LogP contribution < -0.4 is 14.8 Å². The molecule has 1 aromatic heterocycles. The average Bonchev–Trinajstić information content (AvgIpc) is 3.01. The van der Waals surface area contributed by atoms with Crippen molar-refractivity contribution >= 4 is 11.3 Å². The molecule has 0 unspecified atom stereocenters. The number of ether oxygens (including phenoxy) is 2. The van der Waals surface area contributed by atoms with Crippen LogP contribution in [0.4, 0.5) is 0 Å². The number of thiazole rings is 1. The number of piperazine rings is 1. The molecule has 0 bridgehead atoms. The number of benzene rings is 1. The zero-order valence-electron chi connectivity index (χ0n) is 13.6. The van der Waals surface area contributed by atoms with Crippen molar-refractivity contribution in [3.63, 3.8) is 0 Å². The number of hydrogen-bond donors (Lipinski definition) is 1. The highest BCUT2D eigenvalue weighted by atomic mass is 32.1. The Bertz CT molecular complexity index is 615. The van der Waals surface area contributed by atoms with Gasteiger partial charge in [-0.2, -0.15) is 0 Å². The SMILES string of the molecule is COc1ccc(OCc2nc(CN3CCN[C@@H](C)C3)cs2)cc1. The van der Waals surface area contributed by atoms with Gasteiger partial charge in [0, 0.05) is 37.6 Å². The van der Waals surface area contributed by atoms with E-state index < -0.39 is 0 Å². The van der Waals surface area contributed by atoms with Gasteiger partial charge < -0.3 is 14.8 Å². The van der Waals surface area contributed by atoms with Gasteiger partial charge in [-0.15, -0.1) is 11.3 Å². The van der Waals surface area contributed by atoms with Crippen molar-refractivity contribution in [1.29, 1.82) is 0 Å². The summed E-state index contributed by atoms with van der Waals surface area (Å²) in [4.78, 5) is 7.13. The van der Waals surface area contributed by atoms with Gasteiger partial charge in [0.25, 0.3) is 0 Å². The minimum absolute atomic E-state index is 0.509. The van der Waals surface area contributed by atoms with Crippen molar-refractivity contribution < 1.29 is 9.47 Å². The summed E-state index contributed by atoms with van der Waals surface area (Å²) in [6, 6.07) is 8.17. The Balaban J connectivity index is 1.50. The number of aromatic nitrogens is 1. The molecular weight excluding hydrogens is 310 g/mol. The van der Waals surface area contributed by atoms with Crippen molar-refractivity contribution in [2.24, 2.45) is 0 Å². The van der Waals surface area contributed by atoms with Gasteiger partial charge in [-0.1, -0.05) is 0 Å². The second-order valence-electron chi connectivity index (χ2n) is 5.79. The minimum Gasteiger partial charge on any atom is -0.497 e. The number of nitrogens with one attached hydrogen (secondary N) is 1. The standard InChI is InChI=1S/C17H23N3O2S/c1-13-9-20(8-7-18-13)10-14-12-23-17(19-14)11-22-16-5-3-15(21-2)4-6-16/h3-6,12-13,18H,7-11H2,1-2H3/t13-/m0/s1. The Morgan fingerprint density at radius 1 is 1.30 bits per heavy atom. The quantitative estimate of drug-likeness (QED) is 0.880. The largest absolute Gasteiger partial charge is 0.497 e. The van der Waals surface area contributed by atoms with Crippen LogP contribution in [0.2, 0.25) is 0 Å². The van der Waals surface area contributed by atoms with Crippen LogP contribution in [0.5, 0.6) is 11.5 Å². The van der Waals surface area contributed by atoms with E-state index in [-0.39, 0.29) is 0 Å². The number of methoxy groups -OCH3 is 1. The summed E-state index contributed by atoms with van der Waals surface area (Å²) in [6.07, 6.45) is 0. The highest BCUT2D eigenvalue weighted by Crippen LogP contribution is 2.19. The molecule has 1 N–H and O–H groups in total. The molecule has 1 fully saturated rings. The lowest BCUT2D eigenvalue weighted by Gasteiger charge is -2.31. The summed E-state index contributed by atoms with van der Waals surface area (Å²) >= 11 is 1.66. The lowest BCUT2D eigenvalue weighted by atomic mass is 10.2. The molecule has 124 valence electrons. The van der Waals surface area contributed by atoms with Crippen LogP contribution >= 0.6 is 11.3 Å². The molecule has 1 saturated heterocycles. The Labute approximate surface area is 141 Å². The molecule has 3 rings (SSSR count). The first-order valence-electron chi connectivity index (χ1n) is 7.89. The van der Waals surface area contributed by atoms with Gasteiger partial charge in [-0.3, -0.25) is 4.90 Å². The summed E-state index contributed by atoms with van der Waals surface area (Å²) in [5.74, 6) is 1.66. The maximum atomic E-state index is 5.78. The third-order valence-electron chi connectivity index (χ3n) is 3.86. The Kier molecular flexibility index (Phi) is 5.48. The van der Waals surface area contributed by atoms with E-state index in [0.29, 0.717) is 12.6 Å². The van der Waals surface area contributed by atoms with Gasteiger partial charge in [0.05, 0.1) is 12.8 Å². The van der Waals surface area contributed by atoms with E-state index in [1.165, 1.54) is 0 Å². The molecule has 1 atom stereocenters. The topological polar surface area (TPSA) is 46.6 Å². The number of nitrogens with zero attached hydrogens (tertiary/aromatic N) is 2. The van der Waals surface area contributed by atoms with Gasteiger partial charge in [0.1, 0.15) is 23.1 Å². The Morgan fingerprint density at radius 2 is 2.09 bits per heavy atom. The fourth-order valence-electron chi connectivity index (χ4n) is 2.69. The van der Waals surface area contributed by atoms with Crippen molar-refractivity contribution in [3.8, 4) is 11.5 Å². The zero-order chi connectivity index (χ0) is 16.1. The molecular formula is C17H23N3O2S. The second kappa shape index (κ2) is 7.77. The zero-order valence-corrected chi connectivity index (χ0v) is 14.4. The van der Waals surface area contributed by atoms with E-state index >= 15 is 0 Å². The molecule has 23 heavy (non-hydrogen) atoms. The Hall–Kier alpha value is -1.63. The molecule has 5 nitrogen and oxygen atoms in total. The van der Waals surface area contributed by atoms with Gasteiger partial charge in [0.15, 0.2) is 0 Å². The molecule has 1 aliphatic heterocycles. The second-order valence-corrected chi connectivity index (χ2v) is 6.73. The summed E-state index contributed by atoms with van der Waals surface area (Å²) in [6.45, 7) is 6.87. The van der Waals surface area contributed by atoms with Crippen molar-refractivity contribution in [3.05, 3.63) is 40.3 Å². The smallest absolute Gasteiger partial charge is 0.140 e. The maximum absolute atomic E-state index is 5.78. The highest BCUT2D eigenvalue weighted by Gasteiger charge is 2.16. The summed E-state index contributed by atoms with van der Waals surface area (Å²) in [5.41, 5.74) is 1.14. The normalized spacial score (nSPS) is 18.8. The van der Waals surface area contributed by atoms with Gasteiger partial charge >= 0.3 is 0 Å². The fourth-order valence-corrected chi connectivity index (χ4v) is 3.39. The molecule has 1 aromatic carbocycles. The lowest BCUT2D eigenvalue weighted by Crippen LogP contribution is -2.48. The van der Waals surface area contributed by atoms with Crippen LogP contribution in [-0.4, -0.2) is 42.7 Å². The van der Waals surface area contributed by atoms with Crippen molar-refractivity contribution in [2.45, 2.75) is 26.1 Å². The third-order valence-corrected chi connectivity index (χ3v) is 4.73. The first-order valence-corrected chi connectivity index (χ1v) is 8.77. The fraction of sp³-hybridized carbons (Fsp3) is 0.471. The molecule has 0 saturated carbocycles. The first-order chi connectivity index (χ1) is 11.2. The molecule has 0 radical (unpaired) electrons. The molecule has 6 heteroatoms. The van der Waals surface area contributed by atoms with Gasteiger partial charge in [-0.05, 0) is 31.2 Å². The Morgan fingerprint density at radius 3 is 2.83 bits per heavy atom. The van der Waals surface area contributed by atoms with Crippen LogP contribution in [0, 0.1) is 0 Å². The molecule has 2 aromatic rings. The van der Waals surface area contributed by atoms with Crippen LogP contribution in [0.15, 0.2) is 29.6 Å². The number of hydrogen-bond acceptors (Lipinski definition) is 6. The minimum atomic E-state index is 0.509. The molecule has 2 heterocycles. The van der Waals surface area contributed by atoms with Crippen molar-refractivity contribution in [1.82, 2.24) is 15.2 Å². The highest BCUT2D eigenvalue weighted by molar-refractivity contribution is 7.09. The van der Waals surface area contributed by atoms with E-state index in [4.69, 9.17) is 9.47 Å². The van der Waals surface area contributed by atoms with Crippen LogP contribution in [0.1, 0.15) is 17.6 Å². The van der Waals surface area contributed by atoms with Gasteiger partial charge in [-0.25, -0.2) is 4.98 Å². The van der Waals surface area contributed by atoms with Crippen LogP contribution in [-0.2, 0) is 13.2 Å². The molecule has 0 spiro atoms. The predicted octanol–water partition coefficient (Wildman–Crippen LogP) is 2.52. The molecule has 0 aliphatic carbocycles. The molecule has 0 amide bonds. The number of rotatable bonds is 6. The first kappa shape index (κ1) is 16.2. The van der Waals surface area contributed by atoms with E-state index in [1.54, 1.807) is 18.4 Å². The summed E-state index contributed by atoms with van der Waals surface area (Å²) in [7, 11) is 1.66. The van der Waals surface area contributed by atoms with Crippen LogP contribution in [0.25, 0.3) is 0 Å². The van der Waals surface area contributed by atoms with E-state index in [0.717, 1.165) is 48.4 Å². The maximum Gasteiger partial charge on any atom is 0.140 e. The van der Waals surface area contributed by atoms with E-state index in [2.05, 4.69) is 27.5 Å². The van der Waals surface area contributed by atoms with Crippen LogP contribution in [0.3, 0.4) is 0 Å². The predicted molar refractivity (Wildman–Crippen MR) is 92.2 cm³/mol. The van der Waals surface area contributed by atoms with E-state index in [9.17, 15) is 0 Å². The molecule has 1 aliphatic rings. The van der Waals surface area contributed by atoms with E-state index in [1.807, 2.05) is 24.3 Å². The summed E-state index contributed by atoms with van der Waals surface area (Å²) < 4.78 is 10.9. The third kappa shape index (κ3) is 4.67. The average molecular weight is 333 g/mol. The monoisotopic (exact) mass is 333 g/mol. The van der Waals surface area contributed by atoms with Gasteiger partial charge in [0.2, 0.25) is 0 Å². The van der Waals surface area contributed by atoms with Crippen molar-refractivity contribution in [2.75, 3.05) is 26.7 Å². The summed E-state index contributed by atoms with van der Waals surface area (Å²) in [5, 5.41) is 6.61. The lowest BCUT2D eigenvalue weighted by molar-refractivity contribution is 0.197.